The van der Waals surface area contributed by atoms with Gasteiger partial charge in [0, 0.05) is 19.7 Å². The van der Waals surface area contributed by atoms with Crippen molar-refractivity contribution in [2.24, 2.45) is 0 Å². The molecule has 1 fully saturated rings. The fraction of sp³-hybridized carbons (Fsp3) is 0.208. The number of aliphatic carboxylic acids is 1. The van der Waals surface area contributed by atoms with E-state index in [-0.39, 0.29) is 41.9 Å². The fourth-order valence-electron chi connectivity index (χ4n) is 3.39. The third-order valence-corrected chi connectivity index (χ3v) is 7.83. The van der Waals surface area contributed by atoms with Crippen molar-refractivity contribution in [1.82, 2.24) is 5.16 Å². The Labute approximate surface area is 225 Å². The Hall–Kier alpha value is -2.61. The molecule has 0 aliphatic heterocycles. The molecule has 0 bridgehead atoms. The number of nitrogens with zero attached hydrogens (tertiary/aromatic N) is 1. The largest absolute Gasteiger partial charge is 1.00 e. The molecule has 1 amide bonds. The number of anilines is 1. The molecule has 34 heavy (non-hydrogen) atoms. The number of fused-ring (bicyclic) bond motifs is 1. The molecule has 0 spiro atoms. The predicted molar refractivity (Wildman–Crippen MR) is 123 cm³/mol. The smallest absolute Gasteiger partial charge is 0.549 e. The van der Waals surface area contributed by atoms with Crippen molar-refractivity contribution in [1.29, 1.82) is 0 Å². The van der Waals surface area contributed by atoms with Gasteiger partial charge >= 0.3 is 35.7 Å². The molecule has 0 radical (unpaired) electrons. The quantitative estimate of drug-likeness (QED) is 0.326. The van der Waals surface area contributed by atoms with Crippen LogP contribution in [0.1, 0.15) is 39.6 Å². The normalized spacial score (nSPS) is 13.4. The van der Waals surface area contributed by atoms with Crippen molar-refractivity contribution in [3.63, 3.8) is 0 Å². The summed E-state index contributed by atoms with van der Waals surface area (Å²) in [4.78, 5) is 25.3. The second-order valence-corrected chi connectivity index (χ2v) is 9.90. The van der Waals surface area contributed by atoms with Gasteiger partial charge in [0.2, 0.25) is 5.76 Å². The van der Waals surface area contributed by atoms with E-state index >= 15 is 0 Å². The molecule has 1 aliphatic rings. The van der Waals surface area contributed by atoms with Crippen LogP contribution in [-0.4, -0.2) is 17.2 Å². The summed E-state index contributed by atoms with van der Waals surface area (Å²) in [6, 6.07) is 13.2. The van der Waals surface area contributed by atoms with Crippen molar-refractivity contribution in [3.8, 4) is 11.8 Å². The van der Waals surface area contributed by atoms with Gasteiger partial charge in [-0.3, -0.25) is 5.32 Å². The zero-order chi connectivity index (χ0) is 23.0. The number of hydrogen-bond donors (Lipinski definition) is 1. The van der Waals surface area contributed by atoms with Gasteiger partial charge in [-0.2, -0.15) is 0 Å². The molecule has 0 saturated heterocycles. The first kappa shape index (κ1) is 24.5. The summed E-state index contributed by atoms with van der Waals surface area (Å²) in [5.74, 6) is 5.19. The summed E-state index contributed by atoms with van der Waals surface area (Å²) < 4.78 is 12.5. The fourth-order valence-corrected chi connectivity index (χ4v) is 5.88. The van der Waals surface area contributed by atoms with E-state index in [1.807, 2.05) is 42.5 Å². The van der Waals surface area contributed by atoms with Gasteiger partial charge in [0.1, 0.15) is 18.0 Å². The molecule has 166 valence electrons. The third-order valence-electron chi connectivity index (χ3n) is 5.42. The van der Waals surface area contributed by atoms with Crippen LogP contribution in [0.3, 0.4) is 0 Å². The Morgan fingerprint density at radius 3 is 2.59 bits per heavy atom. The first-order valence-corrected chi connectivity index (χ1v) is 11.8. The number of nitrogens with one attached hydrogen (secondary N) is 1. The predicted octanol–water partition coefficient (Wildman–Crippen LogP) is 1.19. The number of hydrogen-bond acceptors (Lipinski definition) is 8. The van der Waals surface area contributed by atoms with E-state index in [4.69, 9.17) is 9.26 Å². The minimum Gasteiger partial charge on any atom is -0.549 e. The molecule has 1 saturated carbocycles. The standard InChI is InChI=1S/C24H18N2O5S2.Na/c1-14-21(25-23(29)30-13-15-5-3-2-4-6-15)17(31-26-14)8-7-16-11-18-19(32-16)12-20(33-18)24(9-10-24)22(27)28;/h2-6,11-12H,9-10,13H2,1H3,(H,25,29)(H,27,28);/q;+1/p-1. The third kappa shape index (κ3) is 4.92. The SMILES string of the molecule is Cc1noc(C#Cc2cc3sc(C4(C(=O)[O-])CC4)cc3s2)c1NC(=O)OCc1ccccc1.[Na+]. The molecule has 0 unspecified atom stereocenters. The maximum absolute atomic E-state index is 12.2. The molecule has 4 aromatic rings. The number of carboxylic acids is 1. The van der Waals surface area contributed by atoms with Crippen molar-refractivity contribution >= 4 is 49.8 Å². The van der Waals surface area contributed by atoms with E-state index in [1.54, 1.807) is 6.92 Å². The monoisotopic (exact) mass is 500 g/mol. The van der Waals surface area contributed by atoms with E-state index in [1.165, 1.54) is 22.7 Å². The van der Waals surface area contributed by atoms with Crippen molar-refractivity contribution in [2.75, 3.05) is 5.32 Å². The first-order valence-electron chi connectivity index (χ1n) is 10.2. The van der Waals surface area contributed by atoms with Crippen LogP contribution >= 0.6 is 22.7 Å². The second kappa shape index (κ2) is 9.94. The number of thiophene rings is 2. The average molecular weight is 501 g/mol. The maximum Gasteiger partial charge on any atom is 1.00 e. The van der Waals surface area contributed by atoms with Crippen LogP contribution in [-0.2, 0) is 21.6 Å². The summed E-state index contributed by atoms with van der Waals surface area (Å²) in [5, 5.41) is 18.0. The van der Waals surface area contributed by atoms with Gasteiger partial charge in [0.15, 0.2) is 0 Å². The molecule has 10 heteroatoms. The molecule has 1 aromatic carbocycles. The number of ether oxygens (including phenoxy) is 1. The van der Waals surface area contributed by atoms with Crippen LogP contribution in [0.4, 0.5) is 10.5 Å². The van der Waals surface area contributed by atoms with Crippen molar-refractivity contribution in [3.05, 3.63) is 69.2 Å². The van der Waals surface area contributed by atoms with E-state index in [0.29, 0.717) is 24.2 Å². The summed E-state index contributed by atoms with van der Waals surface area (Å²) in [6.45, 7) is 1.85. The van der Waals surface area contributed by atoms with Gasteiger partial charge in [-0.05, 0) is 49.3 Å². The Balaban J connectivity index is 0.00000274. The molecule has 3 heterocycles. The molecular formula is C24H17N2NaO5S2. The summed E-state index contributed by atoms with van der Waals surface area (Å²) in [6.07, 6.45) is 0.633. The van der Waals surface area contributed by atoms with Crippen LogP contribution in [0.25, 0.3) is 9.40 Å². The van der Waals surface area contributed by atoms with Crippen LogP contribution in [0, 0.1) is 18.8 Å². The van der Waals surface area contributed by atoms with Crippen molar-refractivity contribution < 1.29 is 53.5 Å². The number of rotatable bonds is 5. The molecule has 7 nitrogen and oxygen atoms in total. The number of carboxylic acid groups (broad SMARTS) is 1. The Morgan fingerprint density at radius 1 is 1.18 bits per heavy atom. The molecule has 5 rings (SSSR count). The number of carbonyl (C=O) groups is 2. The van der Waals surface area contributed by atoms with Gasteiger partial charge in [-0.1, -0.05) is 35.5 Å². The number of amides is 1. The summed E-state index contributed by atoms with van der Waals surface area (Å²) >= 11 is 2.94. The molecule has 1 aliphatic carbocycles. The minimum absolute atomic E-state index is 0. The van der Waals surface area contributed by atoms with Gasteiger partial charge < -0.3 is 19.2 Å². The first-order chi connectivity index (χ1) is 15.9. The molecule has 1 N–H and O–H groups in total. The molecule has 3 aromatic heterocycles. The Kier molecular flexibility index (Phi) is 7.17. The second-order valence-electron chi connectivity index (χ2n) is 7.73. The van der Waals surface area contributed by atoms with E-state index in [9.17, 15) is 14.7 Å². The van der Waals surface area contributed by atoms with E-state index < -0.39 is 17.5 Å². The average Bonchev–Trinajstić information content (AvgIpc) is 3.24. The van der Waals surface area contributed by atoms with Crippen LogP contribution in [0.5, 0.6) is 0 Å². The van der Waals surface area contributed by atoms with Gasteiger partial charge in [-0.15, -0.1) is 22.7 Å². The van der Waals surface area contributed by atoms with E-state index in [2.05, 4.69) is 22.3 Å². The number of carbonyl (C=O) groups excluding carboxylic acids is 2. The van der Waals surface area contributed by atoms with Gasteiger partial charge in [0.05, 0.1) is 10.8 Å². The van der Waals surface area contributed by atoms with Crippen LogP contribution in [0.2, 0.25) is 0 Å². The maximum atomic E-state index is 12.2. The van der Waals surface area contributed by atoms with Gasteiger partial charge in [-0.25, -0.2) is 4.79 Å². The molecular weight excluding hydrogens is 483 g/mol. The number of benzene rings is 1. The summed E-state index contributed by atoms with van der Waals surface area (Å²) in [7, 11) is 0. The zero-order valence-corrected chi connectivity index (χ0v) is 22.1. The van der Waals surface area contributed by atoms with Gasteiger partial charge in [0.25, 0.3) is 0 Å². The van der Waals surface area contributed by atoms with Crippen LogP contribution in [0.15, 0.2) is 47.0 Å². The minimum atomic E-state index is -1.00. The number of aryl methyl sites for hydroxylation is 1. The topological polar surface area (TPSA) is 104 Å². The van der Waals surface area contributed by atoms with Crippen molar-refractivity contribution in [2.45, 2.75) is 31.8 Å². The Bertz CT molecular complexity index is 1390. The zero-order valence-electron chi connectivity index (χ0n) is 18.5. The molecule has 0 atom stereocenters. The van der Waals surface area contributed by atoms with Crippen LogP contribution < -0.4 is 40.0 Å². The summed E-state index contributed by atoms with van der Waals surface area (Å²) in [5.41, 5.74) is 0.931. The number of aromatic nitrogens is 1. The Morgan fingerprint density at radius 2 is 1.91 bits per heavy atom. The van der Waals surface area contributed by atoms with E-state index in [0.717, 1.165) is 24.7 Å².